The molecule has 1 aliphatic rings. The fourth-order valence-corrected chi connectivity index (χ4v) is 3.13. The number of hydrogen-bond donors (Lipinski definition) is 3. The van der Waals surface area contributed by atoms with Crippen molar-refractivity contribution in [3.05, 3.63) is 0 Å². The molecule has 1 saturated carbocycles. The first-order valence-corrected chi connectivity index (χ1v) is 9.70. The van der Waals surface area contributed by atoms with Crippen molar-refractivity contribution in [2.24, 2.45) is 16.6 Å². The molecule has 124 valence electrons. The molecule has 1 aliphatic carbocycles. The number of sulfonamides is 1. The average Bonchev–Trinajstić information content (AvgIpc) is 2.36. The molecule has 0 saturated heterocycles. The maximum absolute atomic E-state index is 11.8. The van der Waals surface area contributed by atoms with E-state index in [1.54, 1.807) is 0 Å². The normalized spacial score (nSPS) is 16.7. The monoisotopic (exact) mass is 318 g/mol. The van der Waals surface area contributed by atoms with Gasteiger partial charge in [-0.15, -0.1) is 0 Å². The second kappa shape index (κ2) is 10.00. The van der Waals surface area contributed by atoms with Crippen molar-refractivity contribution < 1.29 is 8.42 Å². The van der Waals surface area contributed by atoms with E-state index in [9.17, 15) is 8.42 Å². The predicted molar refractivity (Wildman–Crippen MR) is 87.8 cm³/mol. The molecule has 0 bridgehead atoms. The Hall–Kier alpha value is -0.820. The van der Waals surface area contributed by atoms with E-state index in [0.717, 1.165) is 25.7 Å². The fourth-order valence-electron chi connectivity index (χ4n) is 2.12. The van der Waals surface area contributed by atoms with Crippen LogP contribution in [-0.4, -0.2) is 39.8 Å². The van der Waals surface area contributed by atoms with Gasteiger partial charge in [-0.2, -0.15) is 0 Å². The molecule has 1 rings (SSSR count). The van der Waals surface area contributed by atoms with Crippen LogP contribution in [0.3, 0.4) is 0 Å². The zero-order chi connectivity index (χ0) is 15.6. The van der Waals surface area contributed by atoms with Gasteiger partial charge in [-0.05, 0) is 25.2 Å². The molecule has 0 heterocycles. The van der Waals surface area contributed by atoms with Gasteiger partial charge in [0.1, 0.15) is 0 Å². The first-order valence-electron chi connectivity index (χ1n) is 8.04. The van der Waals surface area contributed by atoms with E-state index in [4.69, 9.17) is 5.73 Å². The van der Waals surface area contributed by atoms with Crippen molar-refractivity contribution in [2.45, 2.75) is 51.9 Å². The summed E-state index contributed by atoms with van der Waals surface area (Å²) in [5.41, 5.74) is 5.69. The summed E-state index contributed by atoms with van der Waals surface area (Å²) in [6.07, 6.45) is 8.09. The molecule has 0 aromatic rings. The Kier molecular flexibility index (Phi) is 8.68. The Morgan fingerprint density at radius 2 is 2.05 bits per heavy atom. The number of hydrogen-bond acceptors (Lipinski definition) is 3. The lowest BCUT2D eigenvalue weighted by molar-refractivity contribution is 0.316. The van der Waals surface area contributed by atoms with E-state index in [0.29, 0.717) is 31.5 Å². The molecule has 0 amide bonds. The van der Waals surface area contributed by atoms with E-state index >= 15 is 0 Å². The Morgan fingerprint density at radius 1 is 1.29 bits per heavy atom. The van der Waals surface area contributed by atoms with Gasteiger partial charge in [-0.1, -0.05) is 32.6 Å². The number of rotatable bonds is 11. The van der Waals surface area contributed by atoms with Gasteiger partial charge < -0.3 is 11.1 Å². The third-order valence-corrected chi connectivity index (χ3v) is 5.14. The third kappa shape index (κ3) is 8.93. The molecule has 0 aromatic heterocycles. The predicted octanol–water partition coefficient (Wildman–Crippen LogP) is 1.19. The SMILES string of the molecule is CCCCCCN=C(N)NCCS(=O)(=O)NCC1CCC1. The average molecular weight is 318 g/mol. The highest BCUT2D eigenvalue weighted by molar-refractivity contribution is 7.89. The van der Waals surface area contributed by atoms with Gasteiger partial charge in [-0.3, -0.25) is 4.99 Å². The summed E-state index contributed by atoms with van der Waals surface area (Å²) in [6, 6.07) is 0. The Labute approximate surface area is 129 Å². The number of nitrogens with one attached hydrogen (secondary N) is 2. The van der Waals surface area contributed by atoms with Crippen LogP contribution >= 0.6 is 0 Å². The van der Waals surface area contributed by atoms with E-state index < -0.39 is 10.0 Å². The third-order valence-electron chi connectivity index (χ3n) is 3.79. The lowest BCUT2D eigenvalue weighted by atomic mass is 9.86. The maximum atomic E-state index is 11.8. The first kappa shape index (κ1) is 18.2. The van der Waals surface area contributed by atoms with Gasteiger partial charge in [0.25, 0.3) is 0 Å². The highest BCUT2D eigenvalue weighted by atomic mass is 32.2. The molecule has 0 unspecified atom stereocenters. The molecule has 1 fully saturated rings. The lowest BCUT2D eigenvalue weighted by Crippen LogP contribution is -2.39. The van der Waals surface area contributed by atoms with Gasteiger partial charge in [-0.25, -0.2) is 13.1 Å². The van der Waals surface area contributed by atoms with E-state index in [-0.39, 0.29) is 5.75 Å². The number of nitrogens with zero attached hydrogens (tertiary/aromatic N) is 1. The van der Waals surface area contributed by atoms with Crippen LogP contribution in [0.2, 0.25) is 0 Å². The molecule has 7 heteroatoms. The molecular weight excluding hydrogens is 288 g/mol. The lowest BCUT2D eigenvalue weighted by Gasteiger charge is -2.25. The van der Waals surface area contributed by atoms with Crippen LogP contribution in [0.4, 0.5) is 0 Å². The van der Waals surface area contributed by atoms with Gasteiger partial charge in [0, 0.05) is 19.6 Å². The smallest absolute Gasteiger partial charge is 0.213 e. The van der Waals surface area contributed by atoms with Crippen LogP contribution < -0.4 is 15.8 Å². The first-order chi connectivity index (χ1) is 10.0. The molecule has 0 aromatic carbocycles. The van der Waals surface area contributed by atoms with Crippen LogP contribution in [-0.2, 0) is 10.0 Å². The summed E-state index contributed by atoms with van der Waals surface area (Å²) < 4.78 is 26.2. The summed E-state index contributed by atoms with van der Waals surface area (Å²) in [6.45, 7) is 3.73. The topological polar surface area (TPSA) is 96.6 Å². The molecule has 0 radical (unpaired) electrons. The second-order valence-electron chi connectivity index (χ2n) is 5.72. The van der Waals surface area contributed by atoms with E-state index in [1.807, 2.05) is 0 Å². The van der Waals surface area contributed by atoms with Crippen molar-refractivity contribution in [3.63, 3.8) is 0 Å². The van der Waals surface area contributed by atoms with Gasteiger partial charge in [0.05, 0.1) is 5.75 Å². The second-order valence-corrected chi connectivity index (χ2v) is 7.65. The van der Waals surface area contributed by atoms with E-state index in [2.05, 4.69) is 22.0 Å². The minimum Gasteiger partial charge on any atom is -0.370 e. The number of nitrogens with two attached hydrogens (primary N) is 1. The number of guanidine groups is 1. The quantitative estimate of drug-likeness (QED) is 0.303. The van der Waals surface area contributed by atoms with Crippen LogP contribution in [0, 0.1) is 5.92 Å². The van der Waals surface area contributed by atoms with Crippen LogP contribution in [0.25, 0.3) is 0 Å². The van der Waals surface area contributed by atoms with Gasteiger partial charge in [0.2, 0.25) is 10.0 Å². The van der Waals surface area contributed by atoms with Crippen molar-refractivity contribution in [1.29, 1.82) is 0 Å². The van der Waals surface area contributed by atoms with E-state index in [1.165, 1.54) is 19.3 Å². The van der Waals surface area contributed by atoms with Crippen molar-refractivity contribution in [1.82, 2.24) is 10.0 Å². The Morgan fingerprint density at radius 3 is 2.67 bits per heavy atom. The molecule has 0 spiro atoms. The van der Waals surface area contributed by atoms with Crippen LogP contribution in [0.5, 0.6) is 0 Å². The fraction of sp³-hybridized carbons (Fsp3) is 0.929. The molecular formula is C14H30N4O2S. The summed E-state index contributed by atoms with van der Waals surface area (Å²) >= 11 is 0. The zero-order valence-corrected chi connectivity index (χ0v) is 13.9. The van der Waals surface area contributed by atoms with Gasteiger partial charge >= 0.3 is 0 Å². The van der Waals surface area contributed by atoms with Crippen molar-refractivity contribution >= 4 is 16.0 Å². The Bertz CT molecular complexity index is 405. The summed E-state index contributed by atoms with van der Waals surface area (Å²) in [5, 5.41) is 2.85. The van der Waals surface area contributed by atoms with Gasteiger partial charge in [0.15, 0.2) is 5.96 Å². The molecule has 21 heavy (non-hydrogen) atoms. The summed E-state index contributed by atoms with van der Waals surface area (Å²) in [7, 11) is -3.20. The van der Waals surface area contributed by atoms with Crippen LogP contribution in [0.15, 0.2) is 4.99 Å². The largest absolute Gasteiger partial charge is 0.370 e. The minimum absolute atomic E-state index is 0.0335. The standard InChI is InChI=1S/C14H30N4O2S/c1-2-3-4-5-9-16-14(15)17-10-11-21(19,20)18-12-13-7-6-8-13/h13,18H,2-12H2,1H3,(H3,15,16,17). The number of unbranched alkanes of at least 4 members (excludes halogenated alkanes) is 3. The maximum Gasteiger partial charge on any atom is 0.213 e. The van der Waals surface area contributed by atoms with Crippen LogP contribution in [0.1, 0.15) is 51.9 Å². The highest BCUT2D eigenvalue weighted by Crippen LogP contribution is 2.25. The molecule has 0 atom stereocenters. The summed E-state index contributed by atoms with van der Waals surface area (Å²) in [4.78, 5) is 4.18. The molecule has 6 nitrogen and oxygen atoms in total. The zero-order valence-electron chi connectivity index (χ0n) is 13.1. The number of aliphatic imine (C=N–C) groups is 1. The molecule has 0 aliphatic heterocycles. The molecule has 4 N–H and O–H groups in total. The summed E-state index contributed by atoms with van der Waals surface area (Å²) in [5.74, 6) is 0.898. The van der Waals surface area contributed by atoms with Crippen molar-refractivity contribution in [3.8, 4) is 0 Å². The highest BCUT2D eigenvalue weighted by Gasteiger charge is 2.19. The Balaban J connectivity index is 2.08. The minimum atomic E-state index is -3.20. The van der Waals surface area contributed by atoms with Crippen molar-refractivity contribution in [2.75, 3.05) is 25.4 Å².